The molecule has 1 saturated heterocycles. The van der Waals surface area contributed by atoms with Crippen LogP contribution >= 0.6 is 24.8 Å². The predicted octanol–water partition coefficient (Wildman–Crippen LogP) is 1.20. The molecule has 1 aromatic carbocycles. The van der Waals surface area contributed by atoms with Crippen molar-refractivity contribution >= 4 is 42.7 Å². The number of halogens is 2. The average molecular weight is 476 g/mol. The smallest absolute Gasteiger partial charge is 0.313 e. The highest BCUT2D eigenvalue weighted by atomic mass is 35.5. The van der Waals surface area contributed by atoms with Crippen LogP contribution in [-0.4, -0.2) is 65.5 Å². The monoisotopic (exact) mass is 475 g/mol. The van der Waals surface area contributed by atoms with Gasteiger partial charge >= 0.3 is 5.97 Å². The number of amides is 1. The van der Waals surface area contributed by atoms with Gasteiger partial charge in [0.25, 0.3) is 0 Å². The molecule has 0 spiro atoms. The van der Waals surface area contributed by atoms with E-state index in [0.29, 0.717) is 51.3 Å². The first-order chi connectivity index (χ1) is 13.8. The van der Waals surface area contributed by atoms with Crippen molar-refractivity contribution in [1.82, 2.24) is 9.80 Å². The molecule has 1 fully saturated rings. The van der Waals surface area contributed by atoms with Crippen LogP contribution in [0.1, 0.15) is 30.4 Å². The van der Waals surface area contributed by atoms with Gasteiger partial charge in [-0.2, -0.15) is 0 Å². The number of nitrogens with two attached hydrogens (primary N) is 2. The van der Waals surface area contributed by atoms with E-state index in [0.717, 1.165) is 12.0 Å². The Kier molecular flexibility index (Phi) is 9.86. The Bertz CT molecular complexity index is 800. The van der Waals surface area contributed by atoms with Gasteiger partial charge in [0.15, 0.2) is 5.96 Å². The third kappa shape index (κ3) is 6.15. The van der Waals surface area contributed by atoms with Crippen molar-refractivity contribution in [3.05, 3.63) is 29.3 Å². The number of likely N-dealkylation sites (tertiary alicyclic amines) is 1. The molecule has 2 aliphatic heterocycles. The summed E-state index contributed by atoms with van der Waals surface area (Å²) in [6.45, 7) is 2.39. The number of carbonyl (C=O) groups excluding carboxylic acids is 1. The summed E-state index contributed by atoms with van der Waals surface area (Å²) in [5.74, 6) is -0.277. The second kappa shape index (κ2) is 11.4. The Morgan fingerprint density at radius 3 is 2.39 bits per heavy atom. The van der Waals surface area contributed by atoms with Gasteiger partial charge in [-0.3, -0.25) is 15.0 Å². The second-order valence-electron chi connectivity index (χ2n) is 7.78. The minimum Gasteiger partial charge on any atom is -0.492 e. The van der Waals surface area contributed by atoms with Gasteiger partial charge in [-0.1, -0.05) is 6.07 Å². The number of guanidine groups is 1. The summed E-state index contributed by atoms with van der Waals surface area (Å²) in [5.41, 5.74) is 12.3. The number of carboxylic acid groups (broad SMARTS) is 1. The summed E-state index contributed by atoms with van der Waals surface area (Å²) >= 11 is 0. The van der Waals surface area contributed by atoms with Crippen LogP contribution in [0.25, 0.3) is 0 Å². The first-order valence-electron chi connectivity index (χ1n) is 9.89. The molecule has 1 amide bonds. The zero-order valence-electron chi connectivity index (χ0n) is 17.3. The van der Waals surface area contributed by atoms with Crippen LogP contribution in [-0.2, 0) is 22.6 Å². The minimum atomic E-state index is -1.01. The molecule has 9 nitrogen and oxygen atoms in total. The largest absolute Gasteiger partial charge is 0.492 e. The van der Waals surface area contributed by atoms with Crippen molar-refractivity contribution in [3.8, 4) is 5.75 Å². The van der Waals surface area contributed by atoms with Gasteiger partial charge in [-0.05, 0) is 42.5 Å². The minimum absolute atomic E-state index is 0. The number of rotatable bonds is 6. The van der Waals surface area contributed by atoms with E-state index < -0.39 is 11.4 Å². The predicted molar refractivity (Wildman–Crippen MR) is 122 cm³/mol. The number of nitrogens with one attached hydrogen (secondary N) is 1. The molecule has 2 heterocycles. The maximum absolute atomic E-state index is 12.0. The molecular formula is C20H31Cl2N5O4. The molecule has 0 bridgehead atoms. The van der Waals surface area contributed by atoms with Gasteiger partial charge in [0, 0.05) is 39.1 Å². The third-order valence-electron chi connectivity index (χ3n) is 5.93. The van der Waals surface area contributed by atoms with Crippen LogP contribution < -0.4 is 16.2 Å². The van der Waals surface area contributed by atoms with E-state index in [-0.39, 0.29) is 49.7 Å². The van der Waals surface area contributed by atoms with Gasteiger partial charge in [0.2, 0.25) is 5.91 Å². The summed E-state index contributed by atoms with van der Waals surface area (Å²) < 4.78 is 5.91. The molecule has 0 aliphatic carbocycles. The number of hydrogen-bond acceptors (Lipinski definition) is 5. The Hall–Kier alpha value is -2.23. The summed E-state index contributed by atoms with van der Waals surface area (Å²) in [7, 11) is 0. The van der Waals surface area contributed by atoms with Crippen LogP contribution in [0.4, 0.5) is 0 Å². The van der Waals surface area contributed by atoms with E-state index in [1.807, 2.05) is 18.2 Å². The van der Waals surface area contributed by atoms with Crippen LogP contribution in [0.5, 0.6) is 5.75 Å². The van der Waals surface area contributed by atoms with Crippen LogP contribution in [0.3, 0.4) is 0 Å². The Labute approximate surface area is 194 Å². The number of hydrogen-bond donors (Lipinski definition) is 4. The first-order valence-corrected chi connectivity index (χ1v) is 9.89. The molecular weight excluding hydrogens is 445 g/mol. The lowest BCUT2D eigenvalue weighted by atomic mass is 9.79. The molecule has 11 heteroatoms. The zero-order valence-corrected chi connectivity index (χ0v) is 19.0. The van der Waals surface area contributed by atoms with Crippen molar-refractivity contribution in [2.45, 2.75) is 32.2 Å². The zero-order chi connectivity index (χ0) is 21.0. The Morgan fingerprint density at radius 1 is 1.13 bits per heavy atom. The second-order valence-corrected chi connectivity index (χ2v) is 7.78. The van der Waals surface area contributed by atoms with E-state index in [1.54, 1.807) is 9.80 Å². The van der Waals surface area contributed by atoms with E-state index >= 15 is 0 Å². The van der Waals surface area contributed by atoms with Crippen molar-refractivity contribution in [2.24, 2.45) is 16.9 Å². The number of carbonyl (C=O) groups is 2. The summed E-state index contributed by atoms with van der Waals surface area (Å²) in [6, 6.07) is 5.75. The lowest BCUT2D eigenvalue weighted by Gasteiger charge is -2.38. The highest BCUT2D eigenvalue weighted by molar-refractivity contribution is 5.85. The summed E-state index contributed by atoms with van der Waals surface area (Å²) in [4.78, 5) is 27.5. The lowest BCUT2D eigenvalue weighted by molar-refractivity contribution is -0.156. The number of benzene rings is 1. The highest BCUT2D eigenvalue weighted by Gasteiger charge is 2.43. The van der Waals surface area contributed by atoms with Crippen molar-refractivity contribution in [1.29, 1.82) is 5.41 Å². The summed E-state index contributed by atoms with van der Waals surface area (Å²) in [6.07, 6.45) is 1.79. The normalized spacial score (nSPS) is 16.9. The Balaban J connectivity index is 0.00000240. The fourth-order valence-corrected chi connectivity index (χ4v) is 3.94. The van der Waals surface area contributed by atoms with Crippen molar-refractivity contribution < 1.29 is 19.4 Å². The third-order valence-corrected chi connectivity index (χ3v) is 5.93. The molecule has 1 aromatic rings. The number of piperidine rings is 1. The van der Waals surface area contributed by atoms with E-state index in [2.05, 4.69) is 0 Å². The maximum Gasteiger partial charge on any atom is 0.313 e. The number of carboxylic acids is 1. The van der Waals surface area contributed by atoms with Crippen molar-refractivity contribution in [3.63, 3.8) is 0 Å². The van der Waals surface area contributed by atoms with Crippen molar-refractivity contribution in [2.75, 3.05) is 32.8 Å². The maximum atomic E-state index is 12.0. The van der Waals surface area contributed by atoms with E-state index in [9.17, 15) is 14.7 Å². The van der Waals surface area contributed by atoms with E-state index in [4.69, 9.17) is 21.6 Å². The van der Waals surface area contributed by atoms with Crippen LogP contribution in [0.2, 0.25) is 0 Å². The van der Waals surface area contributed by atoms with Gasteiger partial charge < -0.3 is 31.1 Å². The quantitative estimate of drug-likeness (QED) is 0.357. The van der Waals surface area contributed by atoms with Gasteiger partial charge in [-0.25, -0.2) is 0 Å². The standard InChI is InChI=1S/C20H29N5O4.2ClH/c21-7-3-17(26)24-9-5-20(6-10-24,18(27)28)13-29-16-2-1-14-4-8-25(19(22)23)12-15(14)11-16;;/h1-2,11H,3-10,12-13,21H2,(H3,22,23)(H,27,28);2*1H. The first kappa shape index (κ1) is 26.8. The average Bonchev–Trinajstić information content (AvgIpc) is 2.72. The summed E-state index contributed by atoms with van der Waals surface area (Å²) in [5, 5.41) is 17.5. The molecule has 0 saturated carbocycles. The fraction of sp³-hybridized carbons (Fsp3) is 0.550. The Morgan fingerprint density at radius 2 is 1.81 bits per heavy atom. The molecule has 0 unspecified atom stereocenters. The number of ether oxygens (including phenoxy) is 1. The van der Waals surface area contributed by atoms with Gasteiger partial charge in [-0.15, -0.1) is 24.8 Å². The van der Waals surface area contributed by atoms with Gasteiger partial charge in [0.1, 0.15) is 17.8 Å². The molecule has 0 aromatic heterocycles. The van der Waals surface area contributed by atoms with E-state index in [1.165, 1.54) is 5.56 Å². The molecule has 174 valence electrons. The van der Waals surface area contributed by atoms with Crippen LogP contribution in [0, 0.1) is 10.8 Å². The van der Waals surface area contributed by atoms with Gasteiger partial charge in [0.05, 0.1) is 0 Å². The molecule has 2 aliphatic rings. The molecule has 6 N–H and O–H groups in total. The van der Waals surface area contributed by atoms with Crippen LogP contribution in [0.15, 0.2) is 18.2 Å². The molecule has 0 radical (unpaired) electrons. The lowest BCUT2D eigenvalue weighted by Crippen LogP contribution is -2.49. The fourth-order valence-electron chi connectivity index (χ4n) is 3.94. The molecule has 3 rings (SSSR count). The number of nitrogens with zero attached hydrogens (tertiary/aromatic N) is 2. The SMILES string of the molecule is Cl.Cl.N=C(N)N1CCc2ccc(OCC3(C(=O)O)CCN(C(=O)CCN)CC3)cc2C1. The number of fused-ring (bicyclic) bond motifs is 1. The number of aliphatic carboxylic acids is 1. The topological polar surface area (TPSA) is 146 Å². The highest BCUT2D eigenvalue weighted by Crippen LogP contribution is 2.34. The molecule has 31 heavy (non-hydrogen) atoms. The molecule has 0 atom stereocenters.